The van der Waals surface area contributed by atoms with Crippen molar-refractivity contribution in [3.8, 4) is 5.75 Å². The number of methoxy groups -OCH3 is 1. The Morgan fingerprint density at radius 2 is 2.07 bits per heavy atom. The molecule has 11 heteroatoms. The molecule has 1 aliphatic heterocycles. The van der Waals surface area contributed by atoms with Gasteiger partial charge in [-0.1, -0.05) is 6.07 Å². The van der Waals surface area contributed by atoms with Gasteiger partial charge in [-0.2, -0.15) is 0 Å². The lowest BCUT2D eigenvalue weighted by Gasteiger charge is -2.17. The maximum Gasteiger partial charge on any atom is 0.328 e. The number of aliphatic carboxylic acids is 1. The highest BCUT2D eigenvalue weighted by Crippen LogP contribution is 2.30. The van der Waals surface area contributed by atoms with Gasteiger partial charge in [0.1, 0.15) is 16.5 Å². The molecule has 0 aromatic heterocycles. The van der Waals surface area contributed by atoms with Gasteiger partial charge in [0.15, 0.2) is 0 Å². The van der Waals surface area contributed by atoms with Crippen LogP contribution >= 0.6 is 0 Å². The Morgan fingerprint density at radius 1 is 1.30 bits per heavy atom. The highest BCUT2D eigenvalue weighted by Gasteiger charge is 2.25. The molecule has 2 aromatic rings. The predicted octanol–water partition coefficient (Wildman–Crippen LogP) is 2.26. The molecule has 2 amide bonds. The minimum Gasteiger partial charge on any atom is -0.495 e. The molecule has 0 unspecified atom stereocenters. The summed E-state index contributed by atoms with van der Waals surface area (Å²) in [5, 5.41) is 11.4. The van der Waals surface area contributed by atoms with Gasteiger partial charge in [0.2, 0.25) is 0 Å². The van der Waals surface area contributed by atoms with Gasteiger partial charge >= 0.3 is 12.0 Å². The Kier molecular flexibility index (Phi) is 5.92. The minimum atomic E-state index is -4.31. The van der Waals surface area contributed by atoms with Crippen molar-refractivity contribution in [3.05, 3.63) is 53.9 Å². The fourth-order valence-corrected chi connectivity index (χ4v) is 4.11. The second kappa shape index (κ2) is 8.41. The van der Waals surface area contributed by atoms with Crippen LogP contribution in [0.3, 0.4) is 0 Å². The van der Waals surface area contributed by atoms with E-state index in [1.807, 2.05) is 0 Å². The third-order valence-electron chi connectivity index (χ3n) is 4.26. The summed E-state index contributed by atoms with van der Waals surface area (Å²) in [5.74, 6) is -2.04. The van der Waals surface area contributed by atoms with Gasteiger partial charge in [-0.3, -0.25) is 9.62 Å². The van der Waals surface area contributed by atoms with Crippen LogP contribution in [-0.4, -0.2) is 45.7 Å². The smallest absolute Gasteiger partial charge is 0.328 e. The quantitative estimate of drug-likeness (QED) is 0.573. The number of sulfonamides is 1. The molecule has 9 nitrogen and oxygen atoms in total. The second-order valence-corrected chi connectivity index (χ2v) is 7.89. The lowest BCUT2D eigenvalue weighted by atomic mass is 10.2. The van der Waals surface area contributed by atoms with Gasteiger partial charge in [0.25, 0.3) is 10.0 Å². The zero-order chi connectivity index (χ0) is 21.9. The first-order valence-electron chi connectivity index (χ1n) is 8.68. The van der Waals surface area contributed by atoms with E-state index < -0.39 is 21.8 Å². The molecule has 3 N–H and O–H groups in total. The highest BCUT2D eigenvalue weighted by molar-refractivity contribution is 7.92. The van der Waals surface area contributed by atoms with Crippen LogP contribution in [0.4, 0.5) is 20.6 Å². The van der Waals surface area contributed by atoms with Gasteiger partial charge in [-0.05, 0) is 42.0 Å². The maximum atomic E-state index is 14.3. The van der Waals surface area contributed by atoms with Crippen molar-refractivity contribution in [1.29, 1.82) is 0 Å². The van der Waals surface area contributed by atoms with Crippen molar-refractivity contribution in [3.63, 3.8) is 0 Å². The van der Waals surface area contributed by atoms with Crippen molar-refractivity contribution in [2.75, 3.05) is 29.8 Å². The Labute approximate surface area is 171 Å². The molecule has 1 fully saturated rings. The summed E-state index contributed by atoms with van der Waals surface area (Å²) in [6.07, 6.45) is 2.07. The van der Waals surface area contributed by atoms with Gasteiger partial charge in [0, 0.05) is 24.9 Å². The second-order valence-electron chi connectivity index (χ2n) is 6.24. The number of carboxylic acids is 1. The van der Waals surface area contributed by atoms with Gasteiger partial charge < -0.3 is 15.2 Å². The number of carbonyl (C=O) groups excluding carboxylic acids is 1. The van der Waals surface area contributed by atoms with E-state index in [1.54, 1.807) is 0 Å². The number of carboxylic acid groups (broad SMARTS) is 1. The molecule has 1 heterocycles. The zero-order valence-corrected chi connectivity index (χ0v) is 16.6. The van der Waals surface area contributed by atoms with E-state index in [0.717, 1.165) is 12.1 Å². The number of nitrogens with zero attached hydrogens (tertiary/aromatic N) is 1. The molecule has 0 bridgehead atoms. The van der Waals surface area contributed by atoms with Gasteiger partial charge in [-0.15, -0.1) is 0 Å². The fraction of sp³-hybridized carbons (Fsp3) is 0.158. The SMILES string of the molecule is COc1ccc(/C=C/C(=O)O)cc1S(=O)(=O)Nc1cc(N2CCNC2=O)ccc1F. The third-order valence-corrected chi connectivity index (χ3v) is 5.64. The van der Waals surface area contributed by atoms with Crippen LogP contribution in [-0.2, 0) is 14.8 Å². The van der Waals surface area contributed by atoms with Crippen molar-refractivity contribution in [1.82, 2.24) is 5.32 Å². The maximum absolute atomic E-state index is 14.3. The van der Waals surface area contributed by atoms with Crippen LogP contribution in [0.5, 0.6) is 5.75 Å². The zero-order valence-electron chi connectivity index (χ0n) is 15.8. The fourth-order valence-electron chi connectivity index (χ4n) is 2.85. The van der Waals surface area contributed by atoms with Crippen LogP contribution in [0.2, 0.25) is 0 Å². The monoisotopic (exact) mass is 435 g/mol. The molecule has 1 saturated heterocycles. The van der Waals surface area contributed by atoms with E-state index in [4.69, 9.17) is 9.84 Å². The summed E-state index contributed by atoms with van der Waals surface area (Å²) in [4.78, 5) is 23.6. The van der Waals surface area contributed by atoms with E-state index in [-0.39, 0.29) is 22.4 Å². The van der Waals surface area contributed by atoms with Crippen LogP contribution < -0.4 is 19.7 Å². The molecule has 0 aliphatic carbocycles. The molecule has 158 valence electrons. The first-order chi connectivity index (χ1) is 14.2. The van der Waals surface area contributed by atoms with Crippen LogP contribution in [0.25, 0.3) is 6.08 Å². The van der Waals surface area contributed by atoms with Crippen molar-refractivity contribution < 1.29 is 32.2 Å². The number of nitrogens with one attached hydrogen (secondary N) is 2. The lowest BCUT2D eigenvalue weighted by molar-refractivity contribution is -0.131. The molecule has 30 heavy (non-hydrogen) atoms. The number of amides is 2. The van der Waals surface area contributed by atoms with Crippen LogP contribution in [0.1, 0.15) is 5.56 Å². The molecule has 0 spiro atoms. The number of urea groups is 1. The Bertz CT molecular complexity index is 1130. The summed E-state index contributed by atoms with van der Waals surface area (Å²) in [6.45, 7) is 0.785. The third kappa shape index (κ3) is 4.51. The van der Waals surface area contributed by atoms with Crippen LogP contribution in [0, 0.1) is 5.82 Å². The summed E-state index contributed by atoms with van der Waals surface area (Å²) in [7, 11) is -3.04. The molecule has 1 aliphatic rings. The molecule has 0 atom stereocenters. The summed E-state index contributed by atoms with van der Waals surface area (Å²) < 4.78 is 47.4. The van der Waals surface area contributed by atoms with Crippen molar-refractivity contribution >= 4 is 39.5 Å². The molecule has 2 aromatic carbocycles. The lowest BCUT2D eigenvalue weighted by Crippen LogP contribution is -2.27. The van der Waals surface area contributed by atoms with E-state index in [0.29, 0.717) is 24.3 Å². The Balaban J connectivity index is 1.97. The van der Waals surface area contributed by atoms with Gasteiger partial charge in [0.05, 0.1) is 12.8 Å². The molecule has 0 saturated carbocycles. The van der Waals surface area contributed by atoms with Crippen molar-refractivity contribution in [2.45, 2.75) is 4.90 Å². The highest BCUT2D eigenvalue weighted by atomic mass is 32.2. The standard InChI is InChI=1S/C19H18FN3O6S/c1-29-16-6-2-12(3-7-18(24)25)10-17(16)30(27,28)22-15-11-13(4-5-14(15)20)23-9-8-21-19(23)26/h2-7,10-11,22H,8-9H2,1H3,(H,21,26)(H,24,25)/b7-3+. The number of carbonyl (C=O) groups is 2. The summed E-state index contributed by atoms with van der Waals surface area (Å²) in [5.41, 5.74) is 0.275. The van der Waals surface area contributed by atoms with E-state index in [2.05, 4.69) is 10.0 Å². The number of halogens is 1. The first kappa shape index (κ1) is 21.1. The number of benzene rings is 2. The summed E-state index contributed by atoms with van der Waals surface area (Å²) in [6, 6.07) is 7.32. The minimum absolute atomic E-state index is 0.00883. The predicted molar refractivity (Wildman–Crippen MR) is 108 cm³/mol. The first-order valence-corrected chi connectivity index (χ1v) is 10.2. The van der Waals surface area contributed by atoms with Crippen molar-refractivity contribution in [2.24, 2.45) is 0 Å². The number of hydrogen-bond donors (Lipinski definition) is 3. The normalized spacial score (nSPS) is 14.1. The molecule has 3 rings (SSSR count). The molecule has 0 radical (unpaired) electrons. The van der Waals surface area contributed by atoms with Gasteiger partial charge in [-0.25, -0.2) is 22.4 Å². The van der Waals surface area contributed by atoms with Crippen LogP contribution in [0.15, 0.2) is 47.4 Å². The average Bonchev–Trinajstić information content (AvgIpc) is 3.13. The number of hydrogen-bond acceptors (Lipinski definition) is 5. The number of anilines is 2. The molecular formula is C19H18FN3O6S. The largest absolute Gasteiger partial charge is 0.495 e. The number of ether oxygens (including phenoxy) is 1. The van der Waals surface area contributed by atoms with E-state index >= 15 is 0 Å². The Morgan fingerprint density at radius 3 is 2.70 bits per heavy atom. The summed E-state index contributed by atoms with van der Waals surface area (Å²) >= 11 is 0. The molecular weight excluding hydrogens is 417 g/mol. The van der Waals surface area contributed by atoms with E-state index in [1.165, 1.54) is 48.4 Å². The Hall–Kier alpha value is -3.60. The topological polar surface area (TPSA) is 125 Å². The van der Waals surface area contributed by atoms with E-state index in [9.17, 15) is 22.4 Å². The number of rotatable bonds is 7. The average molecular weight is 435 g/mol.